The lowest BCUT2D eigenvalue weighted by Gasteiger charge is -2.31. The van der Waals surface area contributed by atoms with Gasteiger partial charge in [-0.15, -0.1) is 0 Å². The minimum Gasteiger partial charge on any atom is -0.465 e. The quantitative estimate of drug-likeness (QED) is 0.758. The highest BCUT2D eigenvalue weighted by atomic mass is 16.3. The van der Waals surface area contributed by atoms with Crippen LogP contribution in [0.15, 0.2) is 16.5 Å². The van der Waals surface area contributed by atoms with Crippen molar-refractivity contribution in [2.75, 3.05) is 0 Å². The predicted octanol–water partition coefficient (Wildman–Crippen LogP) is 3.90. The van der Waals surface area contributed by atoms with Crippen molar-refractivity contribution in [2.24, 2.45) is 0 Å². The summed E-state index contributed by atoms with van der Waals surface area (Å²) in [7, 11) is 0. The molecule has 0 aliphatic heterocycles. The molecular formula is C14H25NO. The Kier molecular flexibility index (Phi) is 5.07. The highest BCUT2D eigenvalue weighted by Crippen LogP contribution is 2.20. The highest BCUT2D eigenvalue weighted by Gasteiger charge is 2.22. The Morgan fingerprint density at radius 3 is 2.00 bits per heavy atom. The van der Waals surface area contributed by atoms with Crippen LogP contribution in [0.1, 0.15) is 58.5 Å². The number of hydrogen-bond donors (Lipinski definition) is 1. The number of furan rings is 1. The monoisotopic (exact) mass is 223 g/mol. The summed E-state index contributed by atoms with van der Waals surface area (Å²) in [6.45, 7) is 9.71. The molecular weight excluding hydrogens is 198 g/mol. The molecule has 1 heterocycles. The van der Waals surface area contributed by atoms with Crippen LogP contribution in [0, 0.1) is 0 Å². The summed E-state index contributed by atoms with van der Waals surface area (Å²) in [5.41, 5.74) is 0.277. The molecule has 0 aliphatic rings. The van der Waals surface area contributed by atoms with Crippen molar-refractivity contribution in [3.05, 3.63) is 23.7 Å². The van der Waals surface area contributed by atoms with Crippen molar-refractivity contribution in [1.29, 1.82) is 0 Å². The molecule has 16 heavy (non-hydrogen) atoms. The zero-order valence-corrected chi connectivity index (χ0v) is 11.1. The Morgan fingerprint density at radius 2 is 1.56 bits per heavy atom. The molecule has 0 saturated carbocycles. The first kappa shape index (κ1) is 13.3. The number of nitrogens with one attached hydrogen (secondary N) is 1. The van der Waals surface area contributed by atoms with Crippen LogP contribution in [0.3, 0.4) is 0 Å². The molecule has 0 amide bonds. The van der Waals surface area contributed by atoms with E-state index in [0.29, 0.717) is 0 Å². The van der Waals surface area contributed by atoms with Crippen LogP contribution in [0.4, 0.5) is 0 Å². The minimum atomic E-state index is 0.277. The molecule has 0 fully saturated rings. The molecule has 0 unspecified atom stereocenters. The second kappa shape index (κ2) is 6.09. The van der Waals surface area contributed by atoms with Gasteiger partial charge in [0.15, 0.2) is 0 Å². The lowest BCUT2D eigenvalue weighted by atomic mass is 9.90. The maximum Gasteiger partial charge on any atom is 0.117 e. The van der Waals surface area contributed by atoms with Crippen molar-refractivity contribution in [3.8, 4) is 0 Å². The van der Waals surface area contributed by atoms with E-state index in [1.54, 1.807) is 0 Å². The largest absolute Gasteiger partial charge is 0.465 e. The van der Waals surface area contributed by atoms with E-state index < -0.39 is 0 Å². The van der Waals surface area contributed by atoms with Gasteiger partial charge in [-0.25, -0.2) is 0 Å². The standard InChI is InChI=1S/C14H25NO/c1-5-12-9-10-13(16-12)11-15-14(6-2,7-3)8-4/h9-10,15H,5-8,11H2,1-4H3. The molecule has 0 bridgehead atoms. The van der Waals surface area contributed by atoms with Crippen molar-refractivity contribution < 1.29 is 4.42 Å². The van der Waals surface area contributed by atoms with Gasteiger partial charge >= 0.3 is 0 Å². The minimum absolute atomic E-state index is 0.277. The maximum atomic E-state index is 5.70. The van der Waals surface area contributed by atoms with Gasteiger partial charge < -0.3 is 9.73 Å². The Labute approximate surface area is 99.4 Å². The topological polar surface area (TPSA) is 25.2 Å². The fourth-order valence-electron chi connectivity index (χ4n) is 2.11. The molecule has 2 nitrogen and oxygen atoms in total. The Bertz CT molecular complexity index is 291. The van der Waals surface area contributed by atoms with E-state index in [2.05, 4.69) is 45.1 Å². The average molecular weight is 223 g/mol. The van der Waals surface area contributed by atoms with E-state index in [4.69, 9.17) is 4.42 Å². The molecule has 0 radical (unpaired) electrons. The predicted molar refractivity (Wildman–Crippen MR) is 68.5 cm³/mol. The highest BCUT2D eigenvalue weighted by molar-refractivity contribution is 5.07. The first-order valence-corrected chi connectivity index (χ1v) is 6.52. The normalized spacial score (nSPS) is 12.0. The third kappa shape index (κ3) is 3.11. The summed E-state index contributed by atoms with van der Waals surface area (Å²) in [5, 5.41) is 3.64. The van der Waals surface area contributed by atoms with Crippen molar-refractivity contribution >= 4 is 0 Å². The zero-order chi connectivity index (χ0) is 12.0. The van der Waals surface area contributed by atoms with Gasteiger partial charge in [0.1, 0.15) is 11.5 Å². The van der Waals surface area contributed by atoms with Crippen LogP contribution in [-0.4, -0.2) is 5.54 Å². The van der Waals surface area contributed by atoms with Crippen LogP contribution in [0.25, 0.3) is 0 Å². The Balaban J connectivity index is 2.55. The van der Waals surface area contributed by atoms with E-state index in [-0.39, 0.29) is 5.54 Å². The van der Waals surface area contributed by atoms with Gasteiger partial charge in [-0.1, -0.05) is 27.7 Å². The van der Waals surface area contributed by atoms with Crippen LogP contribution in [0.2, 0.25) is 0 Å². The van der Waals surface area contributed by atoms with E-state index in [1.807, 2.05) is 0 Å². The summed E-state index contributed by atoms with van der Waals surface area (Å²) in [5.74, 6) is 2.13. The lowest BCUT2D eigenvalue weighted by molar-refractivity contribution is 0.276. The molecule has 0 atom stereocenters. The molecule has 1 N–H and O–H groups in total. The van der Waals surface area contributed by atoms with E-state index in [0.717, 1.165) is 24.5 Å². The fourth-order valence-corrected chi connectivity index (χ4v) is 2.11. The molecule has 92 valence electrons. The first-order valence-electron chi connectivity index (χ1n) is 6.52. The summed E-state index contributed by atoms with van der Waals surface area (Å²) in [4.78, 5) is 0. The first-order chi connectivity index (χ1) is 7.69. The molecule has 1 aromatic rings. The van der Waals surface area contributed by atoms with Crippen molar-refractivity contribution in [3.63, 3.8) is 0 Å². The fraction of sp³-hybridized carbons (Fsp3) is 0.714. The van der Waals surface area contributed by atoms with E-state index in [9.17, 15) is 0 Å². The van der Waals surface area contributed by atoms with Crippen LogP contribution < -0.4 is 5.32 Å². The number of hydrogen-bond acceptors (Lipinski definition) is 2. The van der Waals surface area contributed by atoms with Crippen LogP contribution in [-0.2, 0) is 13.0 Å². The molecule has 0 aliphatic carbocycles. The molecule has 1 rings (SSSR count). The number of rotatable bonds is 7. The number of aryl methyl sites for hydroxylation is 1. The van der Waals surface area contributed by atoms with Crippen molar-refractivity contribution in [1.82, 2.24) is 5.32 Å². The summed E-state index contributed by atoms with van der Waals surface area (Å²) in [6, 6.07) is 4.15. The van der Waals surface area contributed by atoms with E-state index >= 15 is 0 Å². The van der Waals surface area contributed by atoms with Gasteiger partial charge in [0, 0.05) is 12.0 Å². The molecule has 2 heteroatoms. The van der Waals surface area contributed by atoms with Gasteiger partial charge in [0.05, 0.1) is 6.54 Å². The van der Waals surface area contributed by atoms with Gasteiger partial charge in [-0.3, -0.25) is 0 Å². The van der Waals surface area contributed by atoms with E-state index in [1.165, 1.54) is 19.3 Å². The van der Waals surface area contributed by atoms with Crippen LogP contribution in [0.5, 0.6) is 0 Å². The molecule has 0 aromatic carbocycles. The third-order valence-corrected chi connectivity index (χ3v) is 3.73. The van der Waals surface area contributed by atoms with Gasteiger partial charge in [0.25, 0.3) is 0 Å². The van der Waals surface area contributed by atoms with Crippen LogP contribution >= 0.6 is 0 Å². The maximum absolute atomic E-state index is 5.70. The van der Waals surface area contributed by atoms with Crippen molar-refractivity contribution in [2.45, 2.75) is 65.5 Å². The van der Waals surface area contributed by atoms with Gasteiger partial charge in [-0.05, 0) is 31.4 Å². The molecule has 1 aromatic heterocycles. The third-order valence-electron chi connectivity index (χ3n) is 3.73. The zero-order valence-electron chi connectivity index (χ0n) is 11.1. The molecule has 0 saturated heterocycles. The second-order valence-electron chi connectivity index (χ2n) is 4.42. The Morgan fingerprint density at radius 1 is 1.00 bits per heavy atom. The lowest BCUT2D eigenvalue weighted by Crippen LogP contribution is -2.42. The summed E-state index contributed by atoms with van der Waals surface area (Å²) >= 11 is 0. The summed E-state index contributed by atoms with van der Waals surface area (Å²) in [6.07, 6.45) is 4.48. The second-order valence-corrected chi connectivity index (χ2v) is 4.42. The SMILES string of the molecule is CCc1ccc(CNC(CC)(CC)CC)o1. The Hall–Kier alpha value is -0.760. The average Bonchev–Trinajstić information content (AvgIpc) is 2.80. The molecule has 0 spiro atoms. The van der Waals surface area contributed by atoms with Gasteiger partial charge in [-0.2, -0.15) is 0 Å². The summed E-state index contributed by atoms with van der Waals surface area (Å²) < 4.78 is 5.70. The van der Waals surface area contributed by atoms with Gasteiger partial charge in [0.2, 0.25) is 0 Å². The smallest absolute Gasteiger partial charge is 0.117 e.